The second-order valence-corrected chi connectivity index (χ2v) is 6.42. The lowest BCUT2D eigenvalue weighted by atomic mass is 10.1. The number of nitrogens with one attached hydrogen (secondary N) is 1. The first-order valence-corrected chi connectivity index (χ1v) is 7.88. The lowest BCUT2D eigenvalue weighted by Crippen LogP contribution is -2.27. The maximum atomic E-state index is 6.00. The first kappa shape index (κ1) is 12.1. The van der Waals surface area contributed by atoms with E-state index in [1.54, 1.807) is 0 Å². The van der Waals surface area contributed by atoms with Crippen molar-refractivity contribution in [3.05, 3.63) is 11.4 Å². The summed E-state index contributed by atoms with van der Waals surface area (Å²) in [6, 6.07) is 0.531. The van der Waals surface area contributed by atoms with E-state index in [1.165, 1.54) is 37.2 Å². The Labute approximate surface area is 112 Å². The zero-order valence-corrected chi connectivity index (χ0v) is 11.6. The molecule has 4 nitrogen and oxygen atoms in total. The van der Waals surface area contributed by atoms with Crippen molar-refractivity contribution < 1.29 is 0 Å². The molecule has 0 aromatic carbocycles. The Bertz CT molecular complexity index is 439. The van der Waals surface area contributed by atoms with Crippen molar-refractivity contribution in [3.8, 4) is 0 Å². The van der Waals surface area contributed by atoms with Crippen LogP contribution in [0.3, 0.4) is 0 Å². The minimum atomic E-state index is 0.531. The minimum Gasteiger partial charge on any atom is -0.383 e. The molecule has 0 radical (unpaired) electrons. The summed E-state index contributed by atoms with van der Waals surface area (Å²) >= 11 is 2.02. The molecule has 5 heteroatoms. The molecule has 1 aliphatic carbocycles. The summed E-state index contributed by atoms with van der Waals surface area (Å²) in [6.45, 7) is 2.00. The van der Waals surface area contributed by atoms with Gasteiger partial charge in [-0.1, -0.05) is 0 Å². The second-order valence-electron chi connectivity index (χ2n) is 5.27. The minimum absolute atomic E-state index is 0.531. The van der Waals surface area contributed by atoms with E-state index in [9.17, 15) is 0 Å². The fraction of sp³-hybridized carbons (Fsp3) is 0.692. The topological polar surface area (TPSA) is 63.8 Å². The summed E-state index contributed by atoms with van der Waals surface area (Å²) in [4.78, 5) is 9.09. The number of thioether (sulfide) groups is 1. The smallest absolute Gasteiger partial charge is 0.136 e. The van der Waals surface area contributed by atoms with Crippen molar-refractivity contribution in [2.45, 2.75) is 44.6 Å². The monoisotopic (exact) mass is 264 g/mol. The van der Waals surface area contributed by atoms with Crippen LogP contribution in [0.5, 0.6) is 0 Å². The van der Waals surface area contributed by atoms with E-state index < -0.39 is 0 Å². The number of hydrogen-bond acceptors (Lipinski definition) is 5. The van der Waals surface area contributed by atoms with E-state index in [4.69, 9.17) is 5.73 Å². The van der Waals surface area contributed by atoms with Gasteiger partial charge >= 0.3 is 0 Å². The van der Waals surface area contributed by atoms with Crippen LogP contribution in [-0.2, 0) is 0 Å². The Kier molecular flexibility index (Phi) is 3.33. The van der Waals surface area contributed by atoms with E-state index in [0.717, 1.165) is 17.2 Å². The van der Waals surface area contributed by atoms with Gasteiger partial charge in [-0.3, -0.25) is 0 Å². The van der Waals surface area contributed by atoms with E-state index in [1.807, 2.05) is 18.7 Å². The van der Waals surface area contributed by atoms with Crippen LogP contribution in [-0.4, -0.2) is 27.5 Å². The molecule has 1 aromatic rings. The second kappa shape index (κ2) is 4.96. The molecule has 1 aliphatic heterocycles. The maximum Gasteiger partial charge on any atom is 0.136 e. The molecule has 1 atom stereocenters. The molecule has 18 heavy (non-hydrogen) atoms. The zero-order chi connectivity index (χ0) is 12.5. The standard InChI is InChI=1S/C13H20N4S/c1-8-11(14)16-13(9-4-5-9)17-12(8)15-10-3-2-6-18-7-10/h9-10H,2-7H2,1H3,(H3,14,15,16,17). The maximum absolute atomic E-state index is 6.00. The molecule has 2 heterocycles. The highest BCUT2D eigenvalue weighted by Crippen LogP contribution is 2.39. The molecule has 1 saturated heterocycles. The van der Waals surface area contributed by atoms with Crippen LogP contribution in [0.15, 0.2) is 0 Å². The number of anilines is 2. The van der Waals surface area contributed by atoms with Crippen LogP contribution in [0.25, 0.3) is 0 Å². The summed E-state index contributed by atoms with van der Waals surface area (Å²) < 4.78 is 0. The van der Waals surface area contributed by atoms with Crippen molar-refractivity contribution in [1.82, 2.24) is 9.97 Å². The molecule has 3 N–H and O–H groups in total. The fourth-order valence-corrected chi connectivity index (χ4v) is 3.34. The number of hydrogen-bond donors (Lipinski definition) is 2. The van der Waals surface area contributed by atoms with Crippen LogP contribution in [0, 0.1) is 6.92 Å². The molecular weight excluding hydrogens is 244 g/mol. The number of rotatable bonds is 3. The van der Waals surface area contributed by atoms with E-state index in [0.29, 0.717) is 17.8 Å². The lowest BCUT2D eigenvalue weighted by Gasteiger charge is -2.24. The third-order valence-electron chi connectivity index (χ3n) is 3.64. The molecule has 0 spiro atoms. The predicted molar refractivity (Wildman–Crippen MR) is 77.1 cm³/mol. The predicted octanol–water partition coefficient (Wildman–Crippen LogP) is 2.55. The molecule has 2 fully saturated rings. The van der Waals surface area contributed by atoms with Gasteiger partial charge in [0.15, 0.2) is 0 Å². The number of nitrogens with two attached hydrogens (primary N) is 1. The summed E-state index contributed by atoms with van der Waals surface area (Å²) in [5, 5.41) is 3.56. The highest BCUT2D eigenvalue weighted by Gasteiger charge is 2.28. The van der Waals surface area contributed by atoms with Crippen molar-refractivity contribution in [2.75, 3.05) is 22.6 Å². The van der Waals surface area contributed by atoms with Crippen LogP contribution in [0.1, 0.15) is 43.0 Å². The van der Waals surface area contributed by atoms with Gasteiger partial charge in [-0.15, -0.1) is 0 Å². The van der Waals surface area contributed by atoms with E-state index in [-0.39, 0.29) is 0 Å². The van der Waals surface area contributed by atoms with Crippen molar-refractivity contribution >= 4 is 23.4 Å². The van der Waals surface area contributed by atoms with Gasteiger partial charge in [0.2, 0.25) is 0 Å². The first-order valence-electron chi connectivity index (χ1n) is 6.72. The van der Waals surface area contributed by atoms with Crippen LogP contribution in [0.4, 0.5) is 11.6 Å². The molecule has 0 bridgehead atoms. The SMILES string of the molecule is Cc1c(N)nc(C2CC2)nc1NC1CCCSC1. The summed E-state index contributed by atoms with van der Waals surface area (Å²) in [5.74, 6) is 5.53. The van der Waals surface area contributed by atoms with Gasteiger partial charge in [0.05, 0.1) is 0 Å². The normalized spacial score (nSPS) is 23.9. The number of nitrogens with zero attached hydrogens (tertiary/aromatic N) is 2. The molecule has 3 rings (SSSR count). The molecule has 98 valence electrons. The highest BCUT2D eigenvalue weighted by atomic mass is 32.2. The average molecular weight is 264 g/mol. The molecule has 2 aliphatic rings. The third-order valence-corrected chi connectivity index (χ3v) is 4.86. The summed E-state index contributed by atoms with van der Waals surface area (Å²) in [6.07, 6.45) is 4.94. The molecule has 0 amide bonds. The summed E-state index contributed by atoms with van der Waals surface area (Å²) in [5.41, 5.74) is 6.99. The Balaban J connectivity index is 1.80. The highest BCUT2D eigenvalue weighted by molar-refractivity contribution is 7.99. The van der Waals surface area contributed by atoms with Crippen molar-refractivity contribution in [3.63, 3.8) is 0 Å². The van der Waals surface area contributed by atoms with Gasteiger partial charge in [0.1, 0.15) is 17.5 Å². The molecule has 1 saturated carbocycles. The van der Waals surface area contributed by atoms with Crippen LogP contribution >= 0.6 is 11.8 Å². The molecule has 1 unspecified atom stereocenters. The number of nitrogen functional groups attached to an aromatic ring is 1. The molecule has 1 aromatic heterocycles. The number of aromatic nitrogens is 2. The average Bonchev–Trinajstić information content (AvgIpc) is 3.20. The van der Waals surface area contributed by atoms with E-state index in [2.05, 4.69) is 15.3 Å². The van der Waals surface area contributed by atoms with Crippen molar-refractivity contribution in [1.29, 1.82) is 0 Å². The third kappa shape index (κ3) is 2.55. The van der Waals surface area contributed by atoms with Gasteiger partial charge in [-0.05, 0) is 38.4 Å². The Morgan fingerprint density at radius 2 is 2.11 bits per heavy atom. The van der Waals surface area contributed by atoms with Gasteiger partial charge in [0, 0.05) is 23.3 Å². The van der Waals surface area contributed by atoms with Gasteiger partial charge < -0.3 is 11.1 Å². The van der Waals surface area contributed by atoms with Gasteiger partial charge in [-0.2, -0.15) is 11.8 Å². The van der Waals surface area contributed by atoms with Crippen molar-refractivity contribution in [2.24, 2.45) is 0 Å². The fourth-order valence-electron chi connectivity index (χ4n) is 2.26. The van der Waals surface area contributed by atoms with E-state index >= 15 is 0 Å². The van der Waals surface area contributed by atoms with Crippen LogP contribution < -0.4 is 11.1 Å². The van der Waals surface area contributed by atoms with Crippen LogP contribution in [0.2, 0.25) is 0 Å². The Morgan fingerprint density at radius 3 is 2.78 bits per heavy atom. The molecular formula is C13H20N4S. The zero-order valence-electron chi connectivity index (χ0n) is 10.8. The Hall–Kier alpha value is -0.970. The van der Waals surface area contributed by atoms with Gasteiger partial charge in [0.25, 0.3) is 0 Å². The summed E-state index contributed by atoms with van der Waals surface area (Å²) in [7, 11) is 0. The first-order chi connectivity index (χ1) is 8.74. The van der Waals surface area contributed by atoms with Gasteiger partial charge in [-0.25, -0.2) is 9.97 Å². The lowest BCUT2D eigenvalue weighted by molar-refractivity contribution is 0.680. The largest absolute Gasteiger partial charge is 0.383 e. The quantitative estimate of drug-likeness (QED) is 0.878. The Morgan fingerprint density at radius 1 is 1.28 bits per heavy atom.